The molecule has 1 aromatic heterocycles. The molecule has 1 fully saturated rings. The lowest BCUT2D eigenvalue weighted by atomic mass is 10.2. The van der Waals surface area contributed by atoms with Gasteiger partial charge in [0.25, 0.3) is 0 Å². The van der Waals surface area contributed by atoms with Crippen LogP contribution in [0.4, 0.5) is 5.69 Å². The van der Waals surface area contributed by atoms with Crippen molar-refractivity contribution in [3.8, 4) is 17.0 Å². The number of rotatable bonds is 6. The third kappa shape index (κ3) is 4.49. The number of aromatic nitrogens is 1. The summed E-state index contributed by atoms with van der Waals surface area (Å²) in [4.78, 5) is 9.81. The van der Waals surface area contributed by atoms with E-state index in [2.05, 4.69) is 51.6 Å². The van der Waals surface area contributed by atoms with E-state index in [1.807, 2.05) is 18.2 Å². The van der Waals surface area contributed by atoms with Gasteiger partial charge in [-0.2, -0.15) is 0 Å². The molecular formula is C22H25N3OS. The van der Waals surface area contributed by atoms with Crippen LogP contribution in [0.3, 0.4) is 0 Å². The van der Waals surface area contributed by atoms with Crippen LogP contribution in [0.25, 0.3) is 11.3 Å². The first-order chi connectivity index (χ1) is 13.3. The molecule has 2 heterocycles. The number of nitrogens with zero attached hydrogens (tertiary/aromatic N) is 3. The van der Waals surface area contributed by atoms with Crippen molar-refractivity contribution in [1.82, 2.24) is 9.88 Å². The van der Waals surface area contributed by atoms with Crippen LogP contribution in [0, 0.1) is 0 Å². The molecule has 0 amide bonds. The number of benzene rings is 2. The van der Waals surface area contributed by atoms with Crippen molar-refractivity contribution < 1.29 is 4.74 Å². The Morgan fingerprint density at radius 2 is 1.70 bits per heavy atom. The molecule has 1 aliphatic heterocycles. The molecule has 0 unspecified atom stereocenters. The molecule has 0 radical (unpaired) electrons. The van der Waals surface area contributed by atoms with Crippen molar-refractivity contribution in [2.24, 2.45) is 0 Å². The van der Waals surface area contributed by atoms with Crippen molar-refractivity contribution in [2.45, 2.75) is 6.42 Å². The second-order valence-corrected chi connectivity index (χ2v) is 7.71. The summed E-state index contributed by atoms with van der Waals surface area (Å²) < 4.78 is 5.25. The molecule has 27 heavy (non-hydrogen) atoms. The van der Waals surface area contributed by atoms with E-state index in [0.29, 0.717) is 0 Å². The molecule has 1 aliphatic rings. The van der Waals surface area contributed by atoms with Crippen LogP contribution in [0.15, 0.2) is 60.0 Å². The zero-order valence-electron chi connectivity index (χ0n) is 15.7. The average molecular weight is 380 g/mol. The number of anilines is 1. The minimum atomic E-state index is 0.913. The summed E-state index contributed by atoms with van der Waals surface area (Å²) >= 11 is 1.77. The number of piperazine rings is 1. The number of methoxy groups -OCH3 is 1. The van der Waals surface area contributed by atoms with Gasteiger partial charge in [0.1, 0.15) is 5.75 Å². The van der Waals surface area contributed by atoms with Crippen LogP contribution in [-0.2, 0) is 6.42 Å². The summed E-state index contributed by atoms with van der Waals surface area (Å²) in [6, 6.07) is 18.8. The Kier molecular flexibility index (Phi) is 5.70. The summed E-state index contributed by atoms with van der Waals surface area (Å²) in [6.07, 6.45) is 1.03. The van der Waals surface area contributed by atoms with Crippen molar-refractivity contribution in [3.05, 3.63) is 65.0 Å². The maximum absolute atomic E-state index is 5.25. The largest absolute Gasteiger partial charge is 0.497 e. The Hall–Kier alpha value is -2.37. The van der Waals surface area contributed by atoms with E-state index in [9.17, 15) is 0 Å². The fourth-order valence-electron chi connectivity index (χ4n) is 3.44. The lowest BCUT2D eigenvalue weighted by molar-refractivity contribution is 0.261. The summed E-state index contributed by atoms with van der Waals surface area (Å²) in [5.74, 6) is 0.913. The first-order valence-corrected chi connectivity index (χ1v) is 10.3. The van der Waals surface area contributed by atoms with E-state index in [0.717, 1.165) is 50.6 Å². The number of hydrogen-bond donors (Lipinski definition) is 0. The monoisotopic (exact) mass is 379 g/mol. The molecule has 1 saturated heterocycles. The molecular weight excluding hydrogens is 354 g/mol. The number of hydrogen-bond acceptors (Lipinski definition) is 5. The van der Waals surface area contributed by atoms with Crippen molar-refractivity contribution in [3.63, 3.8) is 0 Å². The quantitative estimate of drug-likeness (QED) is 0.642. The van der Waals surface area contributed by atoms with Gasteiger partial charge in [-0.25, -0.2) is 4.98 Å². The van der Waals surface area contributed by atoms with Crippen molar-refractivity contribution in [2.75, 3.05) is 44.7 Å². The van der Waals surface area contributed by atoms with E-state index < -0.39 is 0 Å². The van der Waals surface area contributed by atoms with E-state index in [-0.39, 0.29) is 0 Å². The lowest BCUT2D eigenvalue weighted by Gasteiger charge is -2.36. The van der Waals surface area contributed by atoms with Crippen molar-refractivity contribution >= 4 is 17.0 Å². The standard InChI is InChI=1S/C22H25N3OS/c1-26-20-9-7-19(8-10-20)25-15-13-24(14-16-25)12-11-22-23-21(17-27-22)18-5-3-2-4-6-18/h2-10,17H,11-16H2,1H3. The van der Waals surface area contributed by atoms with Crippen LogP contribution in [-0.4, -0.2) is 49.7 Å². The van der Waals surface area contributed by atoms with Gasteiger partial charge in [-0.15, -0.1) is 11.3 Å². The van der Waals surface area contributed by atoms with E-state index in [1.54, 1.807) is 18.4 Å². The molecule has 4 nitrogen and oxygen atoms in total. The summed E-state index contributed by atoms with van der Waals surface area (Å²) in [5.41, 5.74) is 3.58. The fourth-order valence-corrected chi connectivity index (χ4v) is 4.24. The van der Waals surface area contributed by atoms with Gasteiger partial charge >= 0.3 is 0 Å². The number of thiazole rings is 1. The normalized spacial score (nSPS) is 15.1. The Bertz CT molecular complexity index is 840. The Morgan fingerprint density at radius 3 is 2.41 bits per heavy atom. The molecule has 140 valence electrons. The van der Waals surface area contributed by atoms with Crippen LogP contribution in [0.1, 0.15) is 5.01 Å². The molecule has 0 bridgehead atoms. The molecule has 0 aliphatic carbocycles. The maximum atomic E-state index is 5.25. The number of ether oxygens (including phenoxy) is 1. The highest BCUT2D eigenvalue weighted by atomic mass is 32.1. The van der Waals surface area contributed by atoms with E-state index in [4.69, 9.17) is 9.72 Å². The highest BCUT2D eigenvalue weighted by molar-refractivity contribution is 7.09. The average Bonchev–Trinajstić information content (AvgIpc) is 3.22. The van der Waals surface area contributed by atoms with Gasteiger partial charge < -0.3 is 9.64 Å². The smallest absolute Gasteiger partial charge is 0.119 e. The SMILES string of the molecule is COc1ccc(N2CCN(CCc3nc(-c4ccccc4)cs3)CC2)cc1. The Morgan fingerprint density at radius 1 is 0.963 bits per heavy atom. The Labute approximate surface area is 165 Å². The second kappa shape index (κ2) is 8.55. The molecule has 0 spiro atoms. The first kappa shape index (κ1) is 18.0. The third-order valence-corrected chi connectivity index (χ3v) is 5.98. The molecule has 3 aromatic rings. The third-order valence-electron chi connectivity index (χ3n) is 5.07. The lowest BCUT2D eigenvalue weighted by Crippen LogP contribution is -2.46. The minimum absolute atomic E-state index is 0.913. The van der Waals surface area contributed by atoms with Gasteiger partial charge in [-0.3, -0.25) is 4.90 Å². The summed E-state index contributed by atoms with van der Waals surface area (Å²) in [7, 11) is 1.71. The minimum Gasteiger partial charge on any atom is -0.497 e. The first-order valence-electron chi connectivity index (χ1n) is 9.43. The van der Waals surface area contributed by atoms with Gasteiger partial charge in [-0.05, 0) is 24.3 Å². The molecule has 0 atom stereocenters. The van der Waals surface area contributed by atoms with Gasteiger partial charge in [-0.1, -0.05) is 30.3 Å². The molecule has 2 aromatic carbocycles. The van der Waals surface area contributed by atoms with Crippen molar-refractivity contribution in [1.29, 1.82) is 0 Å². The highest BCUT2D eigenvalue weighted by Crippen LogP contribution is 2.23. The molecule has 0 saturated carbocycles. The second-order valence-electron chi connectivity index (χ2n) is 6.77. The predicted octanol–water partition coefficient (Wildman–Crippen LogP) is 4.18. The van der Waals surface area contributed by atoms with Crippen LogP contribution < -0.4 is 9.64 Å². The van der Waals surface area contributed by atoms with Gasteiger partial charge in [0, 0.05) is 55.8 Å². The van der Waals surface area contributed by atoms with Gasteiger partial charge in [0.15, 0.2) is 0 Å². The van der Waals surface area contributed by atoms with Crippen LogP contribution in [0.5, 0.6) is 5.75 Å². The maximum Gasteiger partial charge on any atom is 0.119 e. The van der Waals surface area contributed by atoms with E-state index >= 15 is 0 Å². The molecule has 5 heteroatoms. The molecule has 0 N–H and O–H groups in total. The van der Waals surface area contributed by atoms with E-state index in [1.165, 1.54) is 16.3 Å². The topological polar surface area (TPSA) is 28.6 Å². The van der Waals surface area contributed by atoms with Gasteiger partial charge in [0.05, 0.1) is 17.8 Å². The highest BCUT2D eigenvalue weighted by Gasteiger charge is 2.17. The fraction of sp³-hybridized carbons (Fsp3) is 0.318. The van der Waals surface area contributed by atoms with Gasteiger partial charge in [0.2, 0.25) is 0 Å². The zero-order valence-corrected chi connectivity index (χ0v) is 16.5. The Balaban J connectivity index is 1.26. The molecule has 4 rings (SSSR count). The summed E-state index contributed by atoms with van der Waals surface area (Å²) in [5, 5.41) is 3.40. The van der Waals surface area contributed by atoms with Crippen LogP contribution in [0.2, 0.25) is 0 Å². The predicted molar refractivity (Wildman–Crippen MR) is 113 cm³/mol. The summed E-state index contributed by atoms with van der Waals surface area (Å²) in [6.45, 7) is 5.42. The van der Waals surface area contributed by atoms with Crippen LogP contribution >= 0.6 is 11.3 Å². The zero-order chi connectivity index (χ0) is 18.5.